The second-order valence-electron chi connectivity index (χ2n) is 8.40. The van der Waals surface area contributed by atoms with Crippen LogP contribution in [0.4, 0.5) is 4.79 Å². The maximum atomic E-state index is 13.5. The zero-order valence-electron chi connectivity index (χ0n) is 17.5. The van der Waals surface area contributed by atoms with Crippen LogP contribution in [0, 0.1) is 0 Å². The van der Waals surface area contributed by atoms with E-state index in [1.54, 1.807) is 0 Å². The van der Waals surface area contributed by atoms with E-state index in [0.717, 1.165) is 16.0 Å². The van der Waals surface area contributed by atoms with Gasteiger partial charge in [0.1, 0.15) is 12.1 Å². The molecule has 32 heavy (non-hydrogen) atoms. The van der Waals surface area contributed by atoms with Gasteiger partial charge in [0.25, 0.3) is 5.91 Å². The van der Waals surface area contributed by atoms with E-state index in [0.29, 0.717) is 6.42 Å². The van der Waals surface area contributed by atoms with Crippen LogP contribution >= 0.6 is 0 Å². The molecule has 4 amide bonds. The Morgan fingerprint density at radius 1 is 1.00 bits per heavy atom. The molecule has 4 rings (SSSR count). The third kappa shape index (κ3) is 4.83. The molecule has 0 aromatic heterocycles. The smallest absolute Gasteiger partial charge is 0.325 e. The number of urea groups is 1. The average molecular weight is 456 g/mol. The van der Waals surface area contributed by atoms with Gasteiger partial charge in [-0.05, 0) is 17.5 Å². The van der Waals surface area contributed by atoms with Crippen LogP contribution in [-0.4, -0.2) is 60.8 Å². The third-order valence-corrected chi connectivity index (χ3v) is 7.61. The van der Waals surface area contributed by atoms with E-state index < -0.39 is 45.8 Å². The molecule has 0 bridgehead atoms. The predicted molar refractivity (Wildman–Crippen MR) is 118 cm³/mol. The fourth-order valence-electron chi connectivity index (χ4n) is 4.34. The fraction of sp³-hybridized carbons (Fsp3) is 0.348. The second kappa shape index (κ2) is 8.74. The van der Waals surface area contributed by atoms with E-state index in [-0.39, 0.29) is 24.3 Å². The molecule has 8 nitrogen and oxygen atoms in total. The molecule has 0 saturated carbocycles. The van der Waals surface area contributed by atoms with Crippen molar-refractivity contribution in [3.63, 3.8) is 0 Å². The lowest BCUT2D eigenvalue weighted by Crippen LogP contribution is -2.51. The van der Waals surface area contributed by atoms with Crippen molar-refractivity contribution in [3.8, 4) is 0 Å². The summed E-state index contributed by atoms with van der Waals surface area (Å²) in [5.74, 6) is -1.11. The number of sulfone groups is 1. The molecule has 2 saturated heterocycles. The highest BCUT2D eigenvalue weighted by Gasteiger charge is 2.51. The van der Waals surface area contributed by atoms with Crippen molar-refractivity contribution >= 4 is 27.7 Å². The van der Waals surface area contributed by atoms with Gasteiger partial charge in [0.2, 0.25) is 5.91 Å². The highest BCUT2D eigenvalue weighted by molar-refractivity contribution is 7.91. The number of nitrogens with zero attached hydrogens (tertiary/aromatic N) is 1. The van der Waals surface area contributed by atoms with Crippen molar-refractivity contribution in [3.05, 3.63) is 71.8 Å². The first kappa shape index (κ1) is 22.0. The maximum absolute atomic E-state index is 13.5. The molecule has 1 atom stereocenters. The van der Waals surface area contributed by atoms with Crippen molar-refractivity contribution in [1.82, 2.24) is 15.5 Å². The van der Waals surface area contributed by atoms with E-state index in [2.05, 4.69) is 10.6 Å². The largest absolute Gasteiger partial charge is 0.351 e. The maximum Gasteiger partial charge on any atom is 0.325 e. The summed E-state index contributed by atoms with van der Waals surface area (Å²) in [6, 6.07) is 17.7. The number of imide groups is 1. The molecule has 9 heteroatoms. The minimum Gasteiger partial charge on any atom is -0.351 e. The summed E-state index contributed by atoms with van der Waals surface area (Å²) in [5.41, 5.74) is 0.565. The number of benzene rings is 2. The van der Waals surface area contributed by atoms with Crippen LogP contribution in [0.2, 0.25) is 0 Å². The van der Waals surface area contributed by atoms with Gasteiger partial charge in [-0.15, -0.1) is 0 Å². The molecule has 2 N–H and O–H groups in total. The standard InChI is InChI=1S/C23H25N3O5S/c27-20(24-19-11-12-32(30,31)16-19)15-26-21(28)23(25-22(26)29,13-17-7-3-1-4-8-17)14-18-9-5-2-6-10-18/h1-10,19H,11-16H2,(H,24,27)(H,25,29)/t19-/m1/s1. The van der Waals surface area contributed by atoms with E-state index in [4.69, 9.17) is 0 Å². The number of nitrogens with one attached hydrogen (secondary N) is 2. The first-order valence-corrected chi connectivity index (χ1v) is 12.3. The van der Waals surface area contributed by atoms with Gasteiger partial charge in [-0.1, -0.05) is 60.7 Å². The van der Waals surface area contributed by atoms with Crippen LogP contribution in [0.1, 0.15) is 17.5 Å². The molecule has 2 aromatic rings. The molecular formula is C23H25N3O5S. The summed E-state index contributed by atoms with van der Waals surface area (Å²) >= 11 is 0. The third-order valence-electron chi connectivity index (χ3n) is 5.84. The van der Waals surface area contributed by atoms with Crippen LogP contribution in [0.3, 0.4) is 0 Å². The molecule has 0 aliphatic carbocycles. The number of carbonyl (C=O) groups excluding carboxylic acids is 3. The van der Waals surface area contributed by atoms with Gasteiger partial charge in [-0.25, -0.2) is 13.2 Å². The lowest BCUT2D eigenvalue weighted by atomic mass is 9.84. The van der Waals surface area contributed by atoms with E-state index in [9.17, 15) is 22.8 Å². The number of carbonyl (C=O) groups is 3. The number of hydrogen-bond acceptors (Lipinski definition) is 5. The monoisotopic (exact) mass is 455 g/mol. The molecule has 2 aromatic carbocycles. The minimum atomic E-state index is -3.15. The fourth-order valence-corrected chi connectivity index (χ4v) is 6.01. The van der Waals surface area contributed by atoms with Crippen molar-refractivity contribution in [2.75, 3.05) is 18.1 Å². The van der Waals surface area contributed by atoms with Gasteiger partial charge in [-0.2, -0.15) is 0 Å². The first-order chi connectivity index (χ1) is 15.3. The lowest BCUT2D eigenvalue weighted by molar-refractivity contribution is -0.135. The summed E-state index contributed by atoms with van der Waals surface area (Å²) < 4.78 is 23.2. The Labute approximate surface area is 186 Å². The van der Waals surface area contributed by atoms with Crippen LogP contribution in [-0.2, 0) is 32.3 Å². The quantitative estimate of drug-likeness (QED) is 0.607. The van der Waals surface area contributed by atoms with E-state index >= 15 is 0 Å². The van der Waals surface area contributed by atoms with Crippen molar-refractivity contribution < 1.29 is 22.8 Å². The van der Waals surface area contributed by atoms with Crippen LogP contribution in [0.5, 0.6) is 0 Å². The Kier molecular flexibility index (Phi) is 6.01. The normalized spacial score (nSPS) is 21.4. The molecule has 0 spiro atoms. The van der Waals surface area contributed by atoms with E-state index in [1.807, 2.05) is 60.7 Å². The zero-order valence-corrected chi connectivity index (χ0v) is 18.3. The van der Waals surface area contributed by atoms with Gasteiger partial charge >= 0.3 is 6.03 Å². The molecule has 0 unspecified atom stereocenters. The Morgan fingerprint density at radius 2 is 1.56 bits per heavy atom. The number of hydrogen-bond donors (Lipinski definition) is 2. The lowest BCUT2D eigenvalue weighted by Gasteiger charge is -2.27. The Bertz CT molecular complexity index is 1080. The molecular weight excluding hydrogens is 430 g/mol. The van der Waals surface area contributed by atoms with Crippen LogP contribution in [0.15, 0.2) is 60.7 Å². The molecule has 2 aliphatic heterocycles. The van der Waals surface area contributed by atoms with Gasteiger partial charge in [0, 0.05) is 18.9 Å². The van der Waals surface area contributed by atoms with Gasteiger partial charge < -0.3 is 10.6 Å². The average Bonchev–Trinajstić information content (AvgIpc) is 3.20. The summed E-state index contributed by atoms with van der Waals surface area (Å²) in [6.07, 6.45) is 0.902. The highest BCUT2D eigenvalue weighted by atomic mass is 32.2. The molecule has 2 heterocycles. The first-order valence-electron chi connectivity index (χ1n) is 10.5. The summed E-state index contributed by atoms with van der Waals surface area (Å²) in [6.45, 7) is -0.452. The van der Waals surface area contributed by atoms with Gasteiger partial charge in [-0.3, -0.25) is 14.5 Å². The summed E-state index contributed by atoms with van der Waals surface area (Å²) in [5, 5.41) is 5.48. The molecule has 2 aliphatic rings. The molecule has 168 valence electrons. The molecule has 0 radical (unpaired) electrons. The summed E-state index contributed by atoms with van der Waals surface area (Å²) in [4.78, 5) is 39.7. The van der Waals surface area contributed by atoms with Crippen LogP contribution in [0.25, 0.3) is 0 Å². The second-order valence-corrected chi connectivity index (χ2v) is 10.6. The Balaban J connectivity index is 1.53. The van der Waals surface area contributed by atoms with Crippen molar-refractivity contribution in [2.24, 2.45) is 0 Å². The Hall–Kier alpha value is -3.20. The number of amides is 4. The SMILES string of the molecule is O=C(CN1C(=O)NC(Cc2ccccc2)(Cc2ccccc2)C1=O)N[C@@H]1CCS(=O)(=O)C1. The zero-order chi connectivity index (χ0) is 22.8. The minimum absolute atomic E-state index is 0.0261. The van der Waals surface area contributed by atoms with Crippen molar-refractivity contribution in [1.29, 1.82) is 0 Å². The predicted octanol–water partition coefficient (Wildman–Crippen LogP) is 1.07. The van der Waals surface area contributed by atoms with E-state index in [1.165, 1.54) is 0 Å². The van der Waals surface area contributed by atoms with Crippen LogP contribution < -0.4 is 10.6 Å². The van der Waals surface area contributed by atoms with Gasteiger partial charge in [0.15, 0.2) is 9.84 Å². The number of rotatable bonds is 7. The van der Waals surface area contributed by atoms with Crippen molar-refractivity contribution in [2.45, 2.75) is 30.8 Å². The Morgan fingerprint density at radius 3 is 2.06 bits per heavy atom. The molecule has 2 fully saturated rings. The topological polar surface area (TPSA) is 113 Å². The highest BCUT2D eigenvalue weighted by Crippen LogP contribution is 2.27. The van der Waals surface area contributed by atoms with Gasteiger partial charge in [0.05, 0.1) is 11.5 Å². The summed E-state index contributed by atoms with van der Waals surface area (Å²) in [7, 11) is -3.15.